The molecule has 0 aliphatic rings. The Hall–Kier alpha value is -0.120. The summed E-state index contributed by atoms with van der Waals surface area (Å²) in [6, 6.07) is 0. The molecule has 0 atom stereocenters. The summed E-state index contributed by atoms with van der Waals surface area (Å²) in [6.07, 6.45) is 19.2. The summed E-state index contributed by atoms with van der Waals surface area (Å²) in [5.74, 6) is 0.367. The highest BCUT2D eigenvalue weighted by Gasteiger charge is 2.24. The fourth-order valence-electron chi connectivity index (χ4n) is 3.21. The predicted molar refractivity (Wildman–Crippen MR) is 106 cm³/mol. The van der Waals surface area contributed by atoms with Crippen LogP contribution in [-0.4, -0.2) is 37.6 Å². The minimum atomic E-state index is 0. The molecule has 0 saturated carbocycles. The third-order valence-electron chi connectivity index (χ3n) is 5.09. The molecule has 25 heavy (non-hydrogen) atoms. The highest BCUT2D eigenvalue weighted by molar-refractivity contribution is 5.68. The Morgan fingerprint density at radius 2 is 1.12 bits per heavy atom. The Morgan fingerprint density at radius 1 is 0.720 bits per heavy atom. The highest BCUT2D eigenvalue weighted by atomic mass is 35.5. The van der Waals surface area contributed by atoms with Gasteiger partial charge in [-0.1, -0.05) is 84.0 Å². The number of nitrogens with two attached hydrogens (primary N) is 1. The van der Waals surface area contributed by atoms with E-state index < -0.39 is 0 Å². The van der Waals surface area contributed by atoms with Gasteiger partial charge in [-0.15, -0.1) is 0 Å². The van der Waals surface area contributed by atoms with Gasteiger partial charge in [-0.3, -0.25) is 4.48 Å². The molecule has 152 valence electrons. The van der Waals surface area contributed by atoms with Crippen LogP contribution in [0.1, 0.15) is 103 Å². The SMILES string of the molecule is CCCCCCCCCCCCCCCC(=O)[N+](C)(C)CCCN.[Cl-]. The van der Waals surface area contributed by atoms with Gasteiger partial charge in [0.05, 0.1) is 27.1 Å². The first-order chi connectivity index (χ1) is 11.5. The predicted octanol–water partition coefficient (Wildman–Crippen LogP) is 2.42. The quantitative estimate of drug-likeness (QED) is 0.313. The topological polar surface area (TPSA) is 43.1 Å². The van der Waals surface area contributed by atoms with Crippen LogP contribution >= 0.6 is 0 Å². The van der Waals surface area contributed by atoms with Crippen molar-refractivity contribution >= 4 is 5.91 Å². The minimum Gasteiger partial charge on any atom is -1.00 e. The lowest BCUT2D eigenvalue weighted by Crippen LogP contribution is -3.00. The molecule has 0 aliphatic heterocycles. The standard InChI is InChI=1S/C21H45N2O.ClH/c1-4-5-6-7-8-9-10-11-12-13-14-15-16-18-21(24)23(2,3)20-17-19-22;/h4-20,22H2,1-3H3;1H/q+1;/p-1. The van der Waals surface area contributed by atoms with E-state index in [1.807, 2.05) is 14.1 Å². The lowest BCUT2D eigenvalue weighted by Gasteiger charge is -2.26. The van der Waals surface area contributed by atoms with Crippen LogP contribution in [0.5, 0.6) is 0 Å². The number of carbonyl (C=O) groups excluding carboxylic acids is 1. The Labute approximate surface area is 164 Å². The Morgan fingerprint density at radius 3 is 1.52 bits per heavy atom. The van der Waals surface area contributed by atoms with Gasteiger partial charge in [-0.05, 0) is 13.0 Å². The van der Waals surface area contributed by atoms with Gasteiger partial charge >= 0.3 is 5.91 Å². The van der Waals surface area contributed by atoms with Gasteiger partial charge < -0.3 is 18.1 Å². The van der Waals surface area contributed by atoms with E-state index in [1.165, 1.54) is 77.0 Å². The van der Waals surface area contributed by atoms with Gasteiger partial charge in [0.2, 0.25) is 0 Å². The first-order valence-electron chi connectivity index (χ1n) is 10.6. The molecule has 0 fully saturated rings. The second-order valence-electron chi connectivity index (χ2n) is 7.94. The molecule has 0 unspecified atom stereocenters. The molecule has 0 aromatic rings. The molecule has 1 amide bonds. The van der Waals surface area contributed by atoms with Crippen molar-refractivity contribution in [3.8, 4) is 0 Å². The zero-order chi connectivity index (χ0) is 18.1. The number of rotatable bonds is 17. The Balaban J connectivity index is 0. The van der Waals surface area contributed by atoms with Crippen molar-refractivity contribution in [1.82, 2.24) is 0 Å². The van der Waals surface area contributed by atoms with Gasteiger partial charge in [0.25, 0.3) is 0 Å². The number of hydrogen-bond donors (Lipinski definition) is 1. The van der Waals surface area contributed by atoms with Crippen molar-refractivity contribution in [2.45, 2.75) is 103 Å². The van der Waals surface area contributed by atoms with E-state index in [2.05, 4.69) is 6.92 Å². The summed E-state index contributed by atoms with van der Waals surface area (Å²) in [7, 11) is 4.03. The molecular formula is C21H45ClN2O. The van der Waals surface area contributed by atoms with E-state index >= 15 is 0 Å². The van der Waals surface area contributed by atoms with E-state index in [9.17, 15) is 4.79 Å². The maximum Gasteiger partial charge on any atom is 0.313 e. The third-order valence-corrected chi connectivity index (χ3v) is 5.09. The number of hydrogen-bond acceptors (Lipinski definition) is 2. The molecule has 3 nitrogen and oxygen atoms in total. The molecule has 2 N–H and O–H groups in total. The van der Waals surface area contributed by atoms with Crippen LogP contribution in [-0.2, 0) is 4.79 Å². The molecule has 0 aromatic carbocycles. The largest absolute Gasteiger partial charge is 1.00 e. The van der Waals surface area contributed by atoms with E-state index in [0.29, 0.717) is 16.9 Å². The summed E-state index contributed by atoms with van der Waals surface area (Å²) >= 11 is 0. The molecule has 0 saturated heterocycles. The van der Waals surface area contributed by atoms with Gasteiger partial charge in [-0.2, -0.15) is 0 Å². The lowest BCUT2D eigenvalue weighted by atomic mass is 10.0. The normalized spacial score (nSPS) is 11.4. The van der Waals surface area contributed by atoms with Crippen LogP contribution in [0.25, 0.3) is 0 Å². The van der Waals surface area contributed by atoms with Gasteiger partial charge in [0, 0.05) is 6.42 Å². The maximum atomic E-state index is 12.2. The van der Waals surface area contributed by atoms with Crippen molar-refractivity contribution in [1.29, 1.82) is 0 Å². The average molecular weight is 377 g/mol. The van der Waals surface area contributed by atoms with Gasteiger partial charge in [0.1, 0.15) is 0 Å². The fraction of sp³-hybridized carbons (Fsp3) is 0.952. The molecule has 0 heterocycles. The number of amides is 1. The summed E-state index contributed by atoms with van der Waals surface area (Å²) in [6.45, 7) is 3.82. The van der Waals surface area contributed by atoms with Crippen LogP contribution in [0.3, 0.4) is 0 Å². The van der Waals surface area contributed by atoms with Crippen molar-refractivity contribution in [3.63, 3.8) is 0 Å². The molecule has 0 radical (unpaired) electrons. The van der Waals surface area contributed by atoms with Crippen LogP contribution < -0.4 is 18.1 Å². The number of quaternary nitrogens is 1. The summed E-state index contributed by atoms with van der Waals surface area (Å²) < 4.78 is 0.495. The first kappa shape index (κ1) is 27.1. The lowest BCUT2D eigenvalue weighted by molar-refractivity contribution is -0.814. The third kappa shape index (κ3) is 17.1. The van der Waals surface area contributed by atoms with Gasteiger partial charge in [-0.25, -0.2) is 4.79 Å². The minimum absolute atomic E-state index is 0. The van der Waals surface area contributed by atoms with Crippen molar-refractivity contribution < 1.29 is 21.7 Å². The summed E-state index contributed by atoms with van der Waals surface area (Å²) in [5, 5.41) is 0. The number of halogens is 1. The van der Waals surface area contributed by atoms with Gasteiger partial charge in [0.15, 0.2) is 0 Å². The Bertz CT molecular complexity index is 296. The van der Waals surface area contributed by atoms with Crippen LogP contribution in [0.2, 0.25) is 0 Å². The van der Waals surface area contributed by atoms with E-state index in [0.717, 1.165) is 25.8 Å². The molecule has 0 aromatic heterocycles. The van der Waals surface area contributed by atoms with E-state index in [4.69, 9.17) is 5.73 Å². The molecule has 4 heteroatoms. The van der Waals surface area contributed by atoms with Crippen molar-refractivity contribution in [2.24, 2.45) is 5.73 Å². The number of carbonyl (C=O) groups is 1. The molecule has 0 aliphatic carbocycles. The van der Waals surface area contributed by atoms with Crippen LogP contribution in [0.4, 0.5) is 0 Å². The van der Waals surface area contributed by atoms with Crippen LogP contribution in [0, 0.1) is 0 Å². The maximum absolute atomic E-state index is 12.2. The molecule has 0 spiro atoms. The zero-order valence-electron chi connectivity index (χ0n) is 17.3. The van der Waals surface area contributed by atoms with E-state index in [-0.39, 0.29) is 12.4 Å². The summed E-state index contributed by atoms with van der Waals surface area (Å²) in [5.41, 5.74) is 5.54. The number of nitrogens with zero attached hydrogens (tertiary/aromatic N) is 1. The monoisotopic (exact) mass is 376 g/mol. The Kier molecular flexibility index (Phi) is 20.2. The highest BCUT2D eigenvalue weighted by Crippen LogP contribution is 2.14. The zero-order valence-corrected chi connectivity index (χ0v) is 18.1. The molecular weight excluding hydrogens is 332 g/mol. The fourth-order valence-corrected chi connectivity index (χ4v) is 3.21. The van der Waals surface area contributed by atoms with Crippen molar-refractivity contribution in [3.05, 3.63) is 0 Å². The molecule has 0 rings (SSSR count). The van der Waals surface area contributed by atoms with Crippen LogP contribution in [0.15, 0.2) is 0 Å². The smallest absolute Gasteiger partial charge is 0.313 e. The number of unbranched alkanes of at least 4 members (excludes halogenated alkanes) is 12. The molecule has 0 bridgehead atoms. The summed E-state index contributed by atoms with van der Waals surface area (Å²) in [4.78, 5) is 12.2. The van der Waals surface area contributed by atoms with Crippen molar-refractivity contribution in [2.75, 3.05) is 27.2 Å². The van der Waals surface area contributed by atoms with E-state index in [1.54, 1.807) is 0 Å². The first-order valence-corrected chi connectivity index (χ1v) is 10.6. The average Bonchev–Trinajstić information content (AvgIpc) is 2.57. The second-order valence-corrected chi connectivity index (χ2v) is 7.94. The second kappa shape index (κ2) is 18.7.